The summed E-state index contributed by atoms with van der Waals surface area (Å²) in [4.78, 5) is 0. The average molecular weight is 218 g/mol. The lowest BCUT2D eigenvalue weighted by Gasteiger charge is -2.09. The van der Waals surface area contributed by atoms with Gasteiger partial charge in [0.25, 0.3) is 0 Å². The normalized spacial score (nSPS) is 20.8. The molecule has 1 fully saturated rings. The molecule has 2 nitrogen and oxygen atoms in total. The van der Waals surface area contributed by atoms with Crippen molar-refractivity contribution >= 4 is 10.9 Å². The summed E-state index contributed by atoms with van der Waals surface area (Å²) in [6, 6.07) is 7.12. The number of nitrogens with zero attached hydrogens (tertiary/aromatic N) is 1. The fourth-order valence-corrected chi connectivity index (χ4v) is 2.64. The van der Waals surface area contributed by atoms with E-state index < -0.39 is 0 Å². The average Bonchev–Trinajstić information content (AvgIpc) is 2.86. The van der Waals surface area contributed by atoms with Crippen molar-refractivity contribution in [2.45, 2.75) is 12.3 Å². The predicted octanol–water partition coefficient (Wildman–Crippen LogP) is 2.39. The zero-order chi connectivity index (χ0) is 11.1. The molecule has 0 aliphatic carbocycles. The van der Waals surface area contributed by atoms with Gasteiger partial charge in [-0.1, -0.05) is 0 Å². The zero-order valence-corrected chi connectivity index (χ0v) is 9.33. The minimum absolute atomic E-state index is 0.158. The maximum Gasteiger partial charge on any atom is 0.123 e. The fraction of sp³-hybridized carbons (Fsp3) is 0.385. The monoisotopic (exact) mass is 218 g/mol. The minimum Gasteiger partial charge on any atom is -0.347 e. The second kappa shape index (κ2) is 3.59. The second-order valence-corrected chi connectivity index (χ2v) is 4.52. The third-order valence-corrected chi connectivity index (χ3v) is 3.52. The number of aromatic nitrogens is 1. The maximum absolute atomic E-state index is 13.1. The van der Waals surface area contributed by atoms with Crippen LogP contribution < -0.4 is 5.32 Å². The first-order valence-electron chi connectivity index (χ1n) is 5.71. The molecular formula is C13H15FN2. The van der Waals surface area contributed by atoms with Crippen molar-refractivity contribution in [3.8, 4) is 0 Å². The van der Waals surface area contributed by atoms with E-state index in [9.17, 15) is 4.39 Å². The highest BCUT2D eigenvalue weighted by Gasteiger charge is 2.20. The van der Waals surface area contributed by atoms with Crippen LogP contribution in [-0.4, -0.2) is 17.7 Å². The maximum atomic E-state index is 13.1. The van der Waals surface area contributed by atoms with Crippen LogP contribution in [-0.2, 0) is 7.05 Å². The molecule has 0 spiro atoms. The van der Waals surface area contributed by atoms with E-state index in [0.29, 0.717) is 5.92 Å². The molecule has 2 aromatic rings. The van der Waals surface area contributed by atoms with Gasteiger partial charge in [-0.3, -0.25) is 0 Å². The van der Waals surface area contributed by atoms with Crippen molar-refractivity contribution in [2.24, 2.45) is 7.05 Å². The standard InChI is InChI=1S/C13H15FN2/c1-16-12-3-2-11(14)6-10(12)7-13(16)9-4-5-15-8-9/h2-3,6-7,9,15H,4-5,8H2,1H3. The Bertz CT molecular complexity index is 524. The summed E-state index contributed by atoms with van der Waals surface area (Å²) in [5.41, 5.74) is 2.42. The lowest BCUT2D eigenvalue weighted by atomic mass is 10.1. The van der Waals surface area contributed by atoms with Gasteiger partial charge >= 0.3 is 0 Å². The van der Waals surface area contributed by atoms with Gasteiger partial charge in [0, 0.05) is 36.1 Å². The fourth-order valence-electron chi connectivity index (χ4n) is 2.64. The Morgan fingerprint density at radius 1 is 1.38 bits per heavy atom. The largest absolute Gasteiger partial charge is 0.347 e. The van der Waals surface area contributed by atoms with Gasteiger partial charge in [0.15, 0.2) is 0 Å². The summed E-state index contributed by atoms with van der Waals surface area (Å²) in [6.45, 7) is 2.12. The van der Waals surface area contributed by atoms with E-state index >= 15 is 0 Å². The number of halogens is 1. The van der Waals surface area contributed by atoms with Gasteiger partial charge in [-0.2, -0.15) is 0 Å². The highest BCUT2D eigenvalue weighted by molar-refractivity contribution is 5.81. The molecular weight excluding hydrogens is 203 g/mol. The lowest BCUT2D eigenvalue weighted by molar-refractivity contribution is 0.629. The first-order valence-corrected chi connectivity index (χ1v) is 5.71. The summed E-state index contributed by atoms with van der Waals surface area (Å²) in [5.74, 6) is 0.412. The Morgan fingerprint density at radius 3 is 3.00 bits per heavy atom. The van der Waals surface area contributed by atoms with Crippen LogP contribution in [0.1, 0.15) is 18.0 Å². The Hall–Kier alpha value is -1.35. The summed E-state index contributed by atoms with van der Waals surface area (Å²) >= 11 is 0. The van der Waals surface area contributed by atoms with Gasteiger partial charge in [0.2, 0.25) is 0 Å². The molecule has 1 atom stereocenters. The van der Waals surface area contributed by atoms with Crippen LogP contribution >= 0.6 is 0 Å². The molecule has 1 aromatic carbocycles. The molecule has 3 rings (SSSR count). The Balaban J connectivity index is 2.14. The van der Waals surface area contributed by atoms with Crippen LogP contribution in [0.5, 0.6) is 0 Å². The van der Waals surface area contributed by atoms with Gasteiger partial charge in [0.05, 0.1) is 0 Å². The van der Waals surface area contributed by atoms with E-state index in [1.165, 1.54) is 18.2 Å². The zero-order valence-electron chi connectivity index (χ0n) is 9.33. The van der Waals surface area contributed by atoms with Gasteiger partial charge in [-0.15, -0.1) is 0 Å². The number of rotatable bonds is 1. The van der Waals surface area contributed by atoms with E-state index in [1.807, 2.05) is 6.07 Å². The van der Waals surface area contributed by atoms with Crippen molar-refractivity contribution in [2.75, 3.05) is 13.1 Å². The van der Waals surface area contributed by atoms with Crippen LogP contribution in [0.15, 0.2) is 24.3 Å². The number of fused-ring (bicyclic) bond motifs is 1. The summed E-state index contributed by atoms with van der Waals surface area (Å²) in [5, 5.41) is 4.37. The lowest BCUT2D eigenvalue weighted by Crippen LogP contribution is -2.10. The van der Waals surface area contributed by atoms with Crippen LogP contribution in [0, 0.1) is 5.82 Å². The number of hydrogen-bond acceptors (Lipinski definition) is 1. The first-order chi connectivity index (χ1) is 7.75. The topological polar surface area (TPSA) is 17.0 Å². The van der Waals surface area contributed by atoms with Crippen molar-refractivity contribution in [1.82, 2.24) is 9.88 Å². The first kappa shape index (κ1) is 9.85. The van der Waals surface area contributed by atoms with Crippen LogP contribution in [0.25, 0.3) is 10.9 Å². The molecule has 0 saturated carbocycles. The van der Waals surface area contributed by atoms with Gasteiger partial charge < -0.3 is 9.88 Å². The van der Waals surface area contributed by atoms with Crippen LogP contribution in [0.2, 0.25) is 0 Å². The predicted molar refractivity (Wildman–Crippen MR) is 63.1 cm³/mol. The minimum atomic E-state index is -0.158. The molecule has 3 heteroatoms. The highest BCUT2D eigenvalue weighted by atomic mass is 19.1. The summed E-state index contributed by atoms with van der Waals surface area (Å²) in [6.07, 6.45) is 1.17. The molecule has 1 N–H and O–H groups in total. The molecule has 0 amide bonds. The molecule has 16 heavy (non-hydrogen) atoms. The Kier molecular flexibility index (Phi) is 2.21. The van der Waals surface area contributed by atoms with Crippen molar-refractivity contribution < 1.29 is 4.39 Å². The molecule has 84 valence electrons. The number of hydrogen-bond donors (Lipinski definition) is 1. The van der Waals surface area contributed by atoms with Crippen molar-refractivity contribution in [3.63, 3.8) is 0 Å². The summed E-state index contributed by atoms with van der Waals surface area (Å²) in [7, 11) is 2.06. The van der Waals surface area contributed by atoms with Crippen LogP contribution in [0.3, 0.4) is 0 Å². The van der Waals surface area contributed by atoms with Crippen molar-refractivity contribution in [3.05, 3.63) is 35.8 Å². The van der Waals surface area contributed by atoms with E-state index in [0.717, 1.165) is 24.0 Å². The number of benzene rings is 1. The molecule has 1 aliphatic heterocycles. The van der Waals surface area contributed by atoms with E-state index in [1.54, 1.807) is 6.07 Å². The molecule has 0 bridgehead atoms. The molecule has 1 unspecified atom stereocenters. The Morgan fingerprint density at radius 2 is 2.25 bits per heavy atom. The van der Waals surface area contributed by atoms with E-state index in [2.05, 4.69) is 23.0 Å². The number of nitrogens with one attached hydrogen (secondary N) is 1. The third kappa shape index (κ3) is 1.43. The third-order valence-electron chi connectivity index (χ3n) is 3.52. The van der Waals surface area contributed by atoms with Gasteiger partial charge in [0.1, 0.15) is 5.82 Å². The highest BCUT2D eigenvalue weighted by Crippen LogP contribution is 2.28. The van der Waals surface area contributed by atoms with Gasteiger partial charge in [-0.05, 0) is 37.2 Å². The van der Waals surface area contributed by atoms with Crippen LogP contribution in [0.4, 0.5) is 4.39 Å². The molecule has 1 aromatic heterocycles. The molecule has 1 saturated heterocycles. The smallest absolute Gasteiger partial charge is 0.123 e. The Labute approximate surface area is 94.1 Å². The number of aryl methyl sites for hydroxylation is 1. The van der Waals surface area contributed by atoms with E-state index in [-0.39, 0.29) is 5.82 Å². The van der Waals surface area contributed by atoms with E-state index in [4.69, 9.17) is 0 Å². The SMILES string of the molecule is Cn1c(C2CCNC2)cc2cc(F)ccc21. The second-order valence-electron chi connectivity index (χ2n) is 4.52. The molecule has 2 heterocycles. The molecule has 0 radical (unpaired) electrons. The quantitative estimate of drug-likeness (QED) is 0.777. The summed E-state index contributed by atoms with van der Waals surface area (Å²) < 4.78 is 15.3. The van der Waals surface area contributed by atoms with Crippen molar-refractivity contribution in [1.29, 1.82) is 0 Å². The van der Waals surface area contributed by atoms with Gasteiger partial charge in [-0.25, -0.2) is 4.39 Å². The molecule has 1 aliphatic rings.